The highest BCUT2D eigenvalue weighted by Crippen LogP contribution is 2.34. The van der Waals surface area contributed by atoms with Crippen LogP contribution in [0, 0.1) is 11.6 Å². The van der Waals surface area contributed by atoms with Crippen molar-refractivity contribution in [3.63, 3.8) is 0 Å². The molecule has 0 aliphatic carbocycles. The highest BCUT2D eigenvalue weighted by Gasteiger charge is 2.20. The molecule has 4 rings (SSSR count). The van der Waals surface area contributed by atoms with Gasteiger partial charge < -0.3 is 0 Å². The monoisotopic (exact) mass is 268 g/mol. The molecule has 0 aliphatic heterocycles. The normalized spacial score (nSPS) is 11.9. The molecule has 0 fully saturated rings. The lowest BCUT2D eigenvalue weighted by Crippen LogP contribution is -2.24. The minimum Gasteiger partial charge on any atom is -0.285 e. The average molecular weight is 268 g/mol. The number of hydrogen-bond acceptors (Lipinski definition) is 2. The van der Waals surface area contributed by atoms with Crippen LogP contribution in [0.5, 0.6) is 0 Å². The van der Waals surface area contributed by atoms with E-state index in [4.69, 9.17) is 0 Å². The van der Waals surface area contributed by atoms with E-state index in [-0.39, 0.29) is 21.5 Å². The van der Waals surface area contributed by atoms with E-state index < -0.39 is 22.5 Å². The van der Waals surface area contributed by atoms with E-state index in [0.717, 1.165) is 0 Å². The molecule has 4 heteroatoms. The van der Waals surface area contributed by atoms with Crippen molar-refractivity contribution < 1.29 is 8.78 Å². The van der Waals surface area contributed by atoms with Crippen molar-refractivity contribution in [1.82, 2.24) is 0 Å². The molecule has 2 nitrogen and oxygen atoms in total. The van der Waals surface area contributed by atoms with E-state index in [1.54, 1.807) is 0 Å². The molecule has 0 N–H and O–H groups in total. The van der Waals surface area contributed by atoms with Crippen molar-refractivity contribution in [1.29, 1.82) is 0 Å². The summed E-state index contributed by atoms with van der Waals surface area (Å²) in [4.78, 5) is 24.1. The number of rotatable bonds is 0. The van der Waals surface area contributed by atoms with Crippen LogP contribution in [0.2, 0.25) is 0 Å². The van der Waals surface area contributed by atoms with Crippen LogP contribution in [0.1, 0.15) is 0 Å². The van der Waals surface area contributed by atoms with Crippen molar-refractivity contribution in [2.24, 2.45) is 0 Å². The summed E-state index contributed by atoms with van der Waals surface area (Å²) in [6, 6.07) is 8.66. The smallest absolute Gasteiger partial charge is 0.234 e. The van der Waals surface area contributed by atoms with Gasteiger partial charge in [-0.3, -0.25) is 9.59 Å². The van der Waals surface area contributed by atoms with Gasteiger partial charge in [0.1, 0.15) is 0 Å². The van der Waals surface area contributed by atoms with Crippen LogP contribution in [0.4, 0.5) is 8.78 Å². The average Bonchev–Trinajstić information content (AvgIpc) is 2.48. The maximum absolute atomic E-state index is 14.1. The SMILES string of the molecule is O=c1c(=O)c2cccc3c(F)c(F)c4cccc1c4c32. The first-order valence-corrected chi connectivity index (χ1v) is 6.02. The Bertz CT molecular complexity index is 1010. The molecule has 0 aliphatic rings. The molecular weight excluding hydrogens is 262 g/mol. The fourth-order valence-corrected chi connectivity index (χ4v) is 2.87. The summed E-state index contributed by atoms with van der Waals surface area (Å²) < 4.78 is 28.2. The molecule has 4 aromatic carbocycles. The first-order chi connectivity index (χ1) is 9.61. The lowest BCUT2D eigenvalue weighted by molar-refractivity contribution is 0.525. The summed E-state index contributed by atoms with van der Waals surface area (Å²) in [6.45, 7) is 0. The minimum atomic E-state index is -0.992. The third kappa shape index (κ3) is 1.12. The van der Waals surface area contributed by atoms with Gasteiger partial charge >= 0.3 is 0 Å². The van der Waals surface area contributed by atoms with Crippen molar-refractivity contribution in [2.75, 3.05) is 0 Å². The third-order valence-electron chi connectivity index (χ3n) is 3.74. The van der Waals surface area contributed by atoms with E-state index in [0.29, 0.717) is 10.8 Å². The maximum Gasteiger partial charge on any atom is 0.234 e. The summed E-state index contributed by atoms with van der Waals surface area (Å²) in [5.41, 5.74) is -1.36. The quantitative estimate of drug-likeness (QED) is 0.363. The first-order valence-electron chi connectivity index (χ1n) is 6.02. The Morgan fingerprint density at radius 2 is 0.950 bits per heavy atom. The van der Waals surface area contributed by atoms with Gasteiger partial charge in [-0.2, -0.15) is 0 Å². The second kappa shape index (κ2) is 3.48. The minimum absolute atomic E-state index is 0.0285. The van der Waals surface area contributed by atoms with E-state index in [1.807, 2.05) is 0 Å². The summed E-state index contributed by atoms with van der Waals surface area (Å²) >= 11 is 0. The van der Waals surface area contributed by atoms with Gasteiger partial charge in [0.25, 0.3) is 0 Å². The highest BCUT2D eigenvalue weighted by atomic mass is 19.2. The van der Waals surface area contributed by atoms with Crippen LogP contribution in [0.3, 0.4) is 0 Å². The van der Waals surface area contributed by atoms with Crippen LogP contribution < -0.4 is 10.9 Å². The summed E-state index contributed by atoms with van der Waals surface area (Å²) in [6.07, 6.45) is 0. The Hall–Kier alpha value is -2.62. The summed E-state index contributed by atoms with van der Waals surface area (Å²) in [7, 11) is 0. The van der Waals surface area contributed by atoms with Gasteiger partial charge in [0, 0.05) is 32.3 Å². The fourth-order valence-electron chi connectivity index (χ4n) is 2.87. The molecule has 0 radical (unpaired) electrons. The van der Waals surface area contributed by atoms with Crippen LogP contribution >= 0.6 is 0 Å². The molecule has 4 aromatic rings. The third-order valence-corrected chi connectivity index (χ3v) is 3.74. The standard InChI is InChI=1S/C16H6F2O2/c17-13-7-3-1-5-9-11(7)12-8(14(13)18)4-2-6-10(12)16(20)15(9)19/h1-6H. The zero-order valence-electron chi connectivity index (χ0n) is 10.0. The molecular formula is C16H6F2O2. The lowest BCUT2D eigenvalue weighted by atomic mass is 9.93. The molecule has 20 heavy (non-hydrogen) atoms. The zero-order valence-corrected chi connectivity index (χ0v) is 10.0. The van der Waals surface area contributed by atoms with E-state index in [1.165, 1.54) is 36.4 Å². The molecule has 0 spiro atoms. The molecule has 0 saturated heterocycles. The largest absolute Gasteiger partial charge is 0.285 e. The van der Waals surface area contributed by atoms with Gasteiger partial charge in [-0.25, -0.2) is 8.78 Å². The van der Waals surface area contributed by atoms with E-state index >= 15 is 0 Å². The van der Waals surface area contributed by atoms with Gasteiger partial charge in [0.05, 0.1) is 0 Å². The van der Waals surface area contributed by atoms with Gasteiger partial charge in [-0.05, 0) is 0 Å². The maximum atomic E-state index is 14.1. The van der Waals surface area contributed by atoms with Gasteiger partial charge in [-0.15, -0.1) is 0 Å². The van der Waals surface area contributed by atoms with Crippen LogP contribution in [-0.2, 0) is 0 Å². The Labute approximate surface area is 110 Å². The molecule has 0 aromatic heterocycles. The zero-order chi connectivity index (χ0) is 14.0. The van der Waals surface area contributed by atoms with Crippen LogP contribution in [-0.4, -0.2) is 0 Å². The van der Waals surface area contributed by atoms with Crippen molar-refractivity contribution in [3.8, 4) is 0 Å². The van der Waals surface area contributed by atoms with Crippen molar-refractivity contribution in [2.45, 2.75) is 0 Å². The Balaban J connectivity index is 2.62. The van der Waals surface area contributed by atoms with Gasteiger partial charge in [-0.1, -0.05) is 36.4 Å². The van der Waals surface area contributed by atoms with Gasteiger partial charge in [0.15, 0.2) is 11.6 Å². The molecule has 96 valence electrons. The predicted molar refractivity (Wildman–Crippen MR) is 73.8 cm³/mol. The van der Waals surface area contributed by atoms with E-state index in [2.05, 4.69) is 0 Å². The highest BCUT2D eigenvalue weighted by molar-refractivity contribution is 6.23. The van der Waals surface area contributed by atoms with Crippen molar-refractivity contribution >= 4 is 32.3 Å². The van der Waals surface area contributed by atoms with Crippen molar-refractivity contribution in [3.05, 3.63) is 68.5 Å². The number of benzene rings is 4. The Morgan fingerprint density at radius 3 is 1.35 bits per heavy atom. The molecule has 0 amide bonds. The van der Waals surface area contributed by atoms with E-state index in [9.17, 15) is 18.4 Å². The second-order valence-corrected chi connectivity index (χ2v) is 4.74. The Kier molecular flexibility index (Phi) is 1.95. The Morgan fingerprint density at radius 1 is 0.600 bits per heavy atom. The predicted octanol–water partition coefficient (Wildman–Crippen LogP) is 3.02. The van der Waals surface area contributed by atoms with Crippen LogP contribution in [0.25, 0.3) is 32.3 Å². The van der Waals surface area contributed by atoms with Gasteiger partial charge in [0.2, 0.25) is 10.9 Å². The summed E-state index contributed by atoms with van der Waals surface area (Å²) in [5.74, 6) is -1.98. The molecule has 0 bridgehead atoms. The molecule has 0 unspecified atom stereocenters. The fraction of sp³-hybridized carbons (Fsp3) is 0. The van der Waals surface area contributed by atoms with Crippen LogP contribution in [0.15, 0.2) is 46.0 Å². The first kappa shape index (κ1) is 11.2. The second-order valence-electron chi connectivity index (χ2n) is 4.74. The number of hydrogen-bond donors (Lipinski definition) is 0. The molecule has 0 heterocycles. The number of halogens is 2. The topological polar surface area (TPSA) is 34.1 Å². The molecule has 0 atom stereocenters. The lowest BCUT2D eigenvalue weighted by Gasteiger charge is -2.11. The summed E-state index contributed by atoms with van der Waals surface area (Å²) in [5, 5.41) is 0.968. The molecule has 0 saturated carbocycles.